The zero-order valence-electron chi connectivity index (χ0n) is 14.3. The maximum Gasteiger partial charge on any atom is 0.251 e. The Hall–Kier alpha value is -1.89. The number of rotatable bonds is 7. The fourth-order valence-corrected chi connectivity index (χ4v) is 2.02. The number of hydrogen-bond donors (Lipinski definition) is 2. The van der Waals surface area contributed by atoms with Crippen LogP contribution in [0.4, 0.5) is 0 Å². The molecule has 138 valence electrons. The van der Waals surface area contributed by atoms with Crippen LogP contribution >= 0.6 is 24.8 Å². The first kappa shape index (κ1) is 23.1. The topological polar surface area (TPSA) is 90.1 Å². The molecule has 0 bridgehead atoms. The third-order valence-corrected chi connectivity index (χ3v) is 3.87. The summed E-state index contributed by atoms with van der Waals surface area (Å²) >= 11 is 0. The van der Waals surface area contributed by atoms with Gasteiger partial charge in [0.1, 0.15) is 5.75 Å². The highest BCUT2D eigenvalue weighted by atomic mass is 35.5. The van der Waals surface area contributed by atoms with Crippen LogP contribution in [0.5, 0.6) is 11.6 Å². The lowest BCUT2D eigenvalue weighted by molar-refractivity contribution is 0.0942. The molecule has 0 unspecified atom stereocenters. The van der Waals surface area contributed by atoms with Gasteiger partial charge in [0.05, 0.1) is 6.20 Å². The third-order valence-electron chi connectivity index (χ3n) is 3.87. The van der Waals surface area contributed by atoms with Gasteiger partial charge in [-0.2, -0.15) is 0 Å². The number of benzene rings is 1. The van der Waals surface area contributed by atoms with Crippen molar-refractivity contribution in [2.75, 3.05) is 6.54 Å². The summed E-state index contributed by atoms with van der Waals surface area (Å²) in [6, 6.07) is 6.92. The molecule has 0 atom stereocenters. The molecule has 0 spiro atoms. The molecule has 1 heterocycles. The van der Waals surface area contributed by atoms with Crippen LogP contribution in [0.3, 0.4) is 0 Å². The molecule has 2 rings (SSSR count). The van der Waals surface area contributed by atoms with Gasteiger partial charge >= 0.3 is 0 Å². The van der Waals surface area contributed by atoms with E-state index in [1.54, 1.807) is 36.7 Å². The number of carbonyl (C=O) groups excluding carboxylic acids is 1. The normalized spacial score (nSPS) is 10.2. The molecule has 0 aliphatic carbocycles. The van der Waals surface area contributed by atoms with Crippen molar-refractivity contribution in [3.63, 3.8) is 0 Å². The fourth-order valence-electron chi connectivity index (χ4n) is 2.02. The molecule has 6 nitrogen and oxygen atoms in total. The van der Waals surface area contributed by atoms with Crippen molar-refractivity contribution in [2.24, 2.45) is 5.73 Å². The van der Waals surface area contributed by atoms with Gasteiger partial charge in [-0.1, -0.05) is 19.9 Å². The van der Waals surface area contributed by atoms with Gasteiger partial charge in [0.2, 0.25) is 5.88 Å². The van der Waals surface area contributed by atoms with Crippen LogP contribution in [0.15, 0.2) is 42.9 Å². The van der Waals surface area contributed by atoms with Crippen molar-refractivity contribution in [1.82, 2.24) is 15.3 Å². The summed E-state index contributed by atoms with van der Waals surface area (Å²) in [4.78, 5) is 20.2. The third kappa shape index (κ3) is 6.86. The van der Waals surface area contributed by atoms with Gasteiger partial charge in [-0.15, -0.1) is 24.8 Å². The fraction of sp³-hybridized carbons (Fsp3) is 0.353. The van der Waals surface area contributed by atoms with Crippen molar-refractivity contribution in [1.29, 1.82) is 0 Å². The summed E-state index contributed by atoms with van der Waals surface area (Å²) in [6.45, 7) is 4.48. The maximum atomic E-state index is 12.3. The van der Waals surface area contributed by atoms with E-state index >= 15 is 0 Å². The van der Waals surface area contributed by atoms with Crippen molar-refractivity contribution in [3.05, 3.63) is 48.4 Å². The Morgan fingerprint density at radius 3 is 2.56 bits per heavy atom. The first-order chi connectivity index (χ1) is 11.1. The average Bonchev–Trinajstić information content (AvgIpc) is 2.60. The summed E-state index contributed by atoms with van der Waals surface area (Å²) in [5, 5.41) is 2.89. The minimum atomic E-state index is -0.372. The van der Waals surface area contributed by atoms with E-state index in [1.165, 1.54) is 6.20 Å². The molecule has 0 saturated heterocycles. The highest BCUT2D eigenvalue weighted by Gasteiger charge is 2.21. The molecule has 25 heavy (non-hydrogen) atoms. The van der Waals surface area contributed by atoms with E-state index in [9.17, 15) is 4.79 Å². The van der Waals surface area contributed by atoms with E-state index in [0.29, 0.717) is 23.7 Å². The molecule has 8 heteroatoms. The number of amides is 1. The van der Waals surface area contributed by atoms with E-state index in [-0.39, 0.29) is 36.3 Å². The van der Waals surface area contributed by atoms with Crippen LogP contribution in [0.1, 0.15) is 37.0 Å². The Morgan fingerprint density at radius 1 is 1.24 bits per heavy atom. The van der Waals surface area contributed by atoms with Crippen LogP contribution < -0.4 is 15.8 Å². The van der Waals surface area contributed by atoms with Gasteiger partial charge in [-0.05, 0) is 31.0 Å². The Kier molecular flexibility index (Phi) is 10.0. The largest absolute Gasteiger partial charge is 0.437 e. The van der Waals surface area contributed by atoms with Crippen molar-refractivity contribution in [2.45, 2.75) is 32.2 Å². The molecule has 1 amide bonds. The number of ether oxygens (including phenoxy) is 1. The number of nitrogens with zero attached hydrogens (tertiary/aromatic N) is 2. The van der Waals surface area contributed by atoms with E-state index in [4.69, 9.17) is 10.5 Å². The monoisotopic (exact) mass is 386 g/mol. The second-order valence-corrected chi connectivity index (χ2v) is 5.43. The van der Waals surface area contributed by atoms with Crippen LogP contribution in [0.2, 0.25) is 0 Å². The quantitative estimate of drug-likeness (QED) is 0.760. The lowest BCUT2D eigenvalue weighted by Crippen LogP contribution is -2.49. The zero-order valence-corrected chi connectivity index (χ0v) is 15.9. The Morgan fingerprint density at radius 2 is 1.96 bits per heavy atom. The highest BCUT2D eigenvalue weighted by molar-refractivity contribution is 5.94. The first-order valence-electron chi connectivity index (χ1n) is 7.67. The maximum absolute atomic E-state index is 12.3. The molecule has 0 fully saturated rings. The van der Waals surface area contributed by atoms with Gasteiger partial charge in [0.15, 0.2) is 0 Å². The van der Waals surface area contributed by atoms with E-state index in [0.717, 1.165) is 12.8 Å². The van der Waals surface area contributed by atoms with Gasteiger partial charge in [-0.3, -0.25) is 9.78 Å². The van der Waals surface area contributed by atoms with E-state index in [1.807, 2.05) is 13.8 Å². The molecule has 1 aromatic carbocycles. The number of carbonyl (C=O) groups is 1. The number of nitrogens with two attached hydrogens (primary N) is 1. The van der Waals surface area contributed by atoms with Crippen LogP contribution in [-0.2, 0) is 0 Å². The summed E-state index contributed by atoms with van der Waals surface area (Å²) < 4.78 is 5.58. The number of nitrogens with one attached hydrogen (secondary N) is 1. The average molecular weight is 387 g/mol. The molecular weight excluding hydrogens is 363 g/mol. The second kappa shape index (κ2) is 10.9. The number of aromatic nitrogens is 2. The molecule has 0 aliphatic heterocycles. The Bertz CT molecular complexity index is 652. The molecule has 0 saturated carbocycles. The molecule has 0 aliphatic rings. The summed E-state index contributed by atoms with van der Waals surface area (Å²) in [6.07, 6.45) is 6.23. The van der Waals surface area contributed by atoms with Gasteiger partial charge in [-0.25, -0.2) is 4.98 Å². The first-order valence-corrected chi connectivity index (χ1v) is 7.67. The molecular formula is C17H24Cl2N4O2. The van der Waals surface area contributed by atoms with E-state index < -0.39 is 0 Å². The van der Waals surface area contributed by atoms with Gasteiger partial charge in [0, 0.05) is 30.0 Å². The van der Waals surface area contributed by atoms with E-state index in [2.05, 4.69) is 15.3 Å². The number of hydrogen-bond acceptors (Lipinski definition) is 5. The predicted octanol–water partition coefficient (Wildman–Crippen LogP) is 3.36. The second-order valence-electron chi connectivity index (χ2n) is 5.43. The van der Waals surface area contributed by atoms with Gasteiger partial charge < -0.3 is 15.8 Å². The minimum Gasteiger partial charge on any atom is -0.437 e. The molecule has 2 aromatic rings. The van der Waals surface area contributed by atoms with Crippen molar-refractivity contribution in [3.8, 4) is 11.6 Å². The molecule has 0 radical (unpaired) electrons. The molecule has 1 aromatic heterocycles. The lowest BCUT2D eigenvalue weighted by atomic mass is 9.94. The Labute approximate surface area is 160 Å². The summed E-state index contributed by atoms with van der Waals surface area (Å²) in [7, 11) is 0. The predicted molar refractivity (Wildman–Crippen MR) is 103 cm³/mol. The lowest BCUT2D eigenvalue weighted by Gasteiger charge is -2.26. The van der Waals surface area contributed by atoms with Crippen molar-refractivity contribution < 1.29 is 9.53 Å². The Balaban J connectivity index is 0.00000288. The summed E-state index contributed by atoms with van der Waals surface area (Å²) in [5.41, 5.74) is 6.34. The summed E-state index contributed by atoms with van der Waals surface area (Å²) in [5.74, 6) is 0.734. The van der Waals surface area contributed by atoms with Crippen molar-refractivity contribution >= 4 is 30.7 Å². The number of halogens is 2. The van der Waals surface area contributed by atoms with Crippen LogP contribution in [0, 0.1) is 0 Å². The van der Waals surface area contributed by atoms with Crippen LogP contribution in [-0.4, -0.2) is 28.0 Å². The van der Waals surface area contributed by atoms with Gasteiger partial charge in [0.25, 0.3) is 5.91 Å². The van der Waals surface area contributed by atoms with Crippen LogP contribution in [0.25, 0.3) is 0 Å². The standard InChI is InChI=1S/C17H22N4O2.2ClH/c1-3-17(18,4-2)12-21-16(22)13-6-5-7-14(10-13)23-15-11-19-8-9-20-15;;/h5-11H,3-4,12,18H2,1-2H3,(H,21,22);2*1H. The SMILES string of the molecule is CCC(N)(CC)CNC(=O)c1cccc(Oc2cnccn2)c1.Cl.Cl. The highest BCUT2D eigenvalue weighted by Crippen LogP contribution is 2.19. The zero-order chi connectivity index (χ0) is 16.7. The minimum absolute atomic E-state index is 0. The molecule has 3 N–H and O–H groups in total. The smallest absolute Gasteiger partial charge is 0.251 e.